The van der Waals surface area contributed by atoms with Crippen LogP contribution in [0, 0.1) is 27.8 Å². The van der Waals surface area contributed by atoms with Gasteiger partial charge in [-0.25, -0.2) is 0 Å². The molecule has 1 fully saturated rings. The van der Waals surface area contributed by atoms with Gasteiger partial charge in [0.25, 0.3) is 5.91 Å². The van der Waals surface area contributed by atoms with Crippen molar-refractivity contribution in [1.82, 2.24) is 5.32 Å². The van der Waals surface area contributed by atoms with E-state index in [-0.39, 0.29) is 5.56 Å². The SMILES string of the molecule is CC1CCCC1CNC(=O)c1ccc(F)c([N+](=O)[O-])c1. The van der Waals surface area contributed by atoms with Crippen molar-refractivity contribution in [2.45, 2.75) is 26.2 Å². The smallest absolute Gasteiger partial charge is 0.305 e. The van der Waals surface area contributed by atoms with Crippen molar-refractivity contribution in [2.75, 3.05) is 6.54 Å². The van der Waals surface area contributed by atoms with Crippen LogP contribution in [-0.4, -0.2) is 17.4 Å². The summed E-state index contributed by atoms with van der Waals surface area (Å²) in [7, 11) is 0. The minimum absolute atomic E-state index is 0.115. The molecule has 0 aromatic heterocycles. The third-order valence-electron chi connectivity index (χ3n) is 3.97. The van der Waals surface area contributed by atoms with E-state index >= 15 is 0 Å². The van der Waals surface area contributed by atoms with Gasteiger partial charge in [-0.05, 0) is 30.4 Å². The Bertz CT molecular complexity index is 533. The molecule has 1 saturated carbocycles. The molecule has 1 aromatic carbocycles. The Morgan fingerprint density at radius 3 is 2.85 bits per heavy atom. The highest BCUT2D eigenvalue weighted by molar-refractivity contribution is 5.94. The number of rotatable bonds is 4. The summed E-state index contributed by atoms with van der Waals surface area (Å²) in [4.78, 5) is 21.8. The fourth-order valence-electron chi connectivity index (χ4n) is 2.65. The number of nitro groups is 1. The van der Waals surface area contributed by atoms with Gasteiger partial charge >= 0.3 is 5.69 Å². The topological polar surface area (TPSA) is 72.2 Å². The normalized spacial score (nSPS) is 21.7. The second kappa shape index (κ2) is 5.98. The number of halogens is 1. The minimum Gasteiger partial charge on any atom is -0.352 e. The van der Waals surface area contributed by atoms with Crippen molar-refractivity contribution < 1.29 is 14.1 Å². The summed E-state index contributed by atoms with van der Waals surface area (Å²) in [5.41, 5.74) is -0.560. The molecule has 1 aromatic rings. The van der Waals surface area contributed by atoms with Crippen LogP contribution >= 0.6 is 0 Å². The maximum Gasteiger partial charge on any atom is 0.305 e. The number of benzene rings is 1. The average molecular weight is 280 g/mol. The quantitative estimate of drug-likeness (QED) is 0.680. The van der Waals surface area contributed by atoms with E-state index in [1.54, 1.807) is 0 Å². The van der Waals surface area contributed by atoms with Gasteiger partial charge in [-0.3, -0.25) is 14.9 Å². The van der Waals surface area contributed by atoms with Gasteiger partial charge in [-0.1, -0.05) is 19.8 Å². The molecule has 2 unspecified atom stereocenters. The number of hydrogen-bond acceptors (Lipinski definition) is 3. The van der Waals surface area contributed by atoms with Gasteiger partial charge < -0.3 is 5.32 Å². The van der Waals surface area contributed by atoms with Crippen LogP contribution < -0.4 is 5.32 Å². The Hall–Kier alpha value is -1.98. The van der Waals surface area contributed by atoms with Gasteiger partial charge in [0.1, 0.15) is 0 Å². The first-order valence-corrected chi connectivity index (χ1v) is 6.71. The minimum atomic E-state index is -0.934. The van der Waals surface area contributed by atoms with Gasteiger partial charge in [0.15, 0.2) is 0 Å². The molecule has 6 heteroatoms. The van der Waals surface area contributed by atoms with E-state index in [0.717, 1.165) is 18.6 Å². The Kier molecular flexibility index (Phi) is 4.32. The molecule has 2 atom stereocenters. The molecule has 1 aliphatic carbocycles. The summed E-state index contributed by atoms with van der Waals surface area (Å²) >= 11 is 0. The van der Waals surface area contributed by atoms with Crippen molar-refractivity contribution >= 4 is 11.6 Å². The van der Waals surface area contributed by atoms with Crippen LogP contribution in [0.1, 0.15) is 36.5 Å². The number of nitrogens with one attached hydrogen (secondary N) is 1. The molecule has 1 aliphatic rings. The van der Waals surface area contributed by atoms with E-state index in [2.05, 4.69) is 12.2 Å². The third kappa shape index (κ3) is 3.12. The molecule has 2 rings (SSSR count). The Labute approximate surface area is 116 Å². The molecule has 0 radical (unpaired) electrons. The lowest BCUT2D eigenvalue weighted by atomic mass is 9.98. The molecule has 0 heterocycles. The van der Waals surface area contributed by atoms with E-state index in [0.29, 0.717) is 18.4 Å². The highest BCUT2D eigenvalue weighted by Crippen LogP contribution is 2.30. The lowest BCUT2D eigenvalue weighted by molar-refractivity contribution is -0.387. The molecule has 0 aliphatic heterocycles. The molecular weight excluding hydrogens is 263 g/mol. The maximum atomic E-state index is 13.2. The molecule has 0 spiro atoms. The Morgan fingerprint density at radius 2 is 2.25 bits per heavy atom. The second-order valence-electron chi connectivity index (χ2n) is 5.30. The molecule has 1 amide bonds. The van der Waals surface area contributed by atoms with Crippen molar-refractivity contribution in [3.63, 3.8) is 0 Å². The average Bonchev–Trinajstić information content (AvgIpc) is 2.81. The zero-order valence-electron chi connectivity index (χ0n) is 11.3. The Balaban J connectivity index is 2.02. The number of hydrogen-bond donors (Lipinski definition) is 1. The predicted octanol–water partition coefficient (Wildman–Crippen LogP) is 2.90. The molecule has 5 nitrogen and oxygen atoms in total. The number of amides is 1. The third-order valence-corrected chi connectivity index (χ3v) is 3.97. The van der Waals surface area contributed by atoms with E-state index in [9.17, 15) is 19.3 Å². The van der Waals surface area contributed by atoms with Crippen LogP contribution in [0.25, 0.3) is 0 Å². The number of carbonyl (C=O) groups is 1. The fourth-order valence-corrected chi connectivity index (χ4v) is 2.65. The standard InChI is InChI=1S/C14H17FN2O3/c1-9-3-2-4-11(9)8-16-14(18)10-5-6-12(15)13(7-10)17(19)20/h5-7,9,11H,2-4,8H2,1H3,(H,16,18). The molecule has 108 valence electrons. The number of nitrogens with zero attached hydrogens (tertiary/aromatic N) is 1. The monoisotopic (exact) mass is 280 g/mol. The summed E-state index contributed by atoms with van der Waals surface area (Å²) in [6, 6.07) is 3.18. The van der Waals surface area contributed by atoms with Crippen molar-refractivity contribution in [3.05, 3.63) is 39.7 Å². The highest BCUT2D eigenvalue weighted by atomic mass is 19.1. The summed E-state index contributed by atoms with van der Waals surface area (Å²) in [5.74, 6) is -0.296. The summed E-state index contributed by atoms with van der Waals surface area (Å²) < 4.78 is 13.2. The van der Waals surface area contributed by atoms with Crippen LogP contribution in [0.15, 0.2) is 18.2 Å². The van der Waals surface area contributed by atoms with Gasteiger partial charge in [-0.2, -0.15) is 4.39 Å². The number of carbonyl (C=O) groups excluding carboxylic acids is 1. The van der Waals surface area contributed by atoms with E-state index in [1.807, 2.05) is 0 Å². The molecule has 0 saturated heterocycles. The highest BCUT2D eigenvalue weighted by Gasteiger charge is 2.24. The van der Waals surface area contributed by atoms with Crippen LogP contribution in [0.4, 0.5) is 10.1 Å². The van der Waals surface area contributed by atoms with Gasteiger partial charge in [0, 0.05) is 18.2 Å². The first-order chi connectivity index (χ1) is 9.49. The zero-order chi connectivity index (χ0) is 14.7. The van der Waals surface area contributed by atoms with E-state index < -0.39 is 22.3 Å². The van der Waals surface area contributed by atoms with Crippen LogP contribution in [0.2, 0.25) is 0 Å². The second-order valence-corrected chi connectivity index (χ2v) is 5.30. The molecule has 20 heavy (non-hydrogen) atoms. The predicted molar refractivity (Wildman–Crippen MR) is 71.9 cm³/mol. The van der Waals surface area contributed by atoms with Crippen LogP contribution in [0.3, 0.4) is 0 Å². The summed E-state index contributed by atoms with van der Waals surface area (Å²) in [6.45, 7) is 2.72. The number of nitro benzene ring substituents is 1. The van der Waals surface area contributed by atoms with Crippen LogP contribution in [0.5, 0.6) is 0 Å². The van der Waals surface area contributed by atoms with Gasteiger partial charge in [-0.15, -0.1) is 0 Å². The van der Waals surface area contributed by atoms with E-state index in [4.69, 9.17) is 0 Å². The lowest BCUT2D eigenvalue weighted by Gasteiger charge is -2.15. The van der Waals surface area contributed by atoms with Crippen molar-refractivity contribution in [2.24, 2.45) is 11.8 Å². The zero-order valence-corrected chi connectivity index (χ0v) is 11.3. The van der Waals surface area contributed by atoms with Gasteiger partial charge in [0.2, 0.25) is 5.82 Å². The molecule has 1 N–H and O–H groups in total. The van der Waals surface area contributed by atoms with Crippen molar-refractivity contribution in [3.8, 4) is 0 Å². The molecule has 0 bridgehead atoms. The lowest BCUT2D eigenvalue weighted by Crippen LogP contribution is -2.30. The fraction of sp³-hybridized carbons (Fsp3) is 0.500. The maximum absolute atomic E-state index is 13.2. The summed E-state index contributed by atoms with van der Waals surface area (Å²) in [6.07, 6.45) is 3.43. The Morgan fingerprint density at radius 1 is 1.50 bits per heavy atom. The van der Waals surface area contributed by atoms with Crippen LogP contribution in [-0.2, 0) is 0 Å². The first kappa shape index (κ1) is 14.4. The summed E-state index contributed by atoms with van der Waals surface area (Å²) in [5, 5.41) is 13.4. The largest absolute Gasteiger partial charge is 0.352 e. The van der Waals surface area contributed by atoms with E-state index in [1.165, 1.54) is 18.9 Å². The molecular formula is C14H17FN2O3. The van der Waals surface area contributed by atoms with Crippen molar-refractivity contribution in [1.29, 1.82) is 0 Å². The first-order valence-electron chi connectivity index (χ1n) is 6.71. The van der Waals surface area contributed by atoms with Gasteiger partial charge in [0.05, 0.1) is 4.92 Å².